The number of hydrogen-bond acceptors (Lipinski definition) is 4. The second-order valence-electron chi connectivity index (χ2n) is 4.08. The maximum atomic E-state index is 10.9. The number of hydrogen-bond donors (Lipinski definition) is 1. The van der Waals surface area contributed by atoms with Crippen LogP contribution in [-0.2, 0) is 14.3 Å². The Labute approximate surface area is 89.6 Å². The lowest BCUT2D eigenvalue weighted by molar-refractivity contribution is -0.140. The summed E-state index contributed by atoms with van der Waals surface area (Å²) < 4.78 is 4.52. The van der Waals surface area contributed by atoms with Gasteiger partial charge < -0.3 is 14.6 Å². The zero-order chi connectivity index (χ0) is 11.3. The summed E-state index contributed by atoms with van der Waals surface area (Å²) in [5.74, 6) is -0.227. The molecule has 3 atom stereocenters. The summed E-state index contributed by atoms with van der Waals surface area (Å²) in [6.07, 6.45) is 3.79. The van der Waals surface area contributed by atoms with Crippen LogP contribution in [0.3, 0.4) is 0 Å². The Morgan fingerprint density at radius 3 is 2.87 bits per heavy atom. The Morgan fingerprint density at radius 1 is 1.53 bits per heavy atom. The van der Waals surface area contributed by atoms with Crippen LogP contribution in [0.25, 0.3) is 0 Å². The Balaban J connectivity index is 2.30. The van der Waals surface area contributed by atoms with E-state index in [1.165, 1.54) is 7.11 Å². The molecule has 4 nitrogen and oxygen atoms in total. The summed E-state index contributed by atoms with van der Waals surface area (Å²) in [6.45, 7) is 0. The van der Waals surface area contributed by atoms with Gasteiger partial charge in [-0.15, -0.1) is 0 Å². The van der Waals surface area contributed by atoms with Gasteiger partial charge in [-0.25, -0.2) is 0 Å². The summed E-state index contributed by atoms with van der Waals surface area (Å²) in [6, 6.07) is 0. The number of aliphatic hydroxyl groups excluding tert-OH is 1. The van der Waals surface area contributed by atoms with Gasteiger partial charge in [-0.2, -0.15) is 0 Å². The minimum atomic E-state index is -0.377. The van der Waals surface area contributed by atoms with E-state index in [9.17, 15) is 14.7 Å². The molecule has 0 spiro atoms. The first kappa shape index (κ1) is 12.2. The van der Waals surface area contributed by atoms with Crippen molar-refractivity contribution in [2.24, 2.45) is 11.8 Å². The van der Waals surface area contributed by atoms with Gasteiger partial charge in [-0.05, 0) is 31.6 Å². The first-order chi connectivity index (χ1) is 7.19. The number of methoxy groups -OCH3 is 1. The molecule has 0 aromatic carbocycles. The second-order valence-corrected chi connectivity index (χ2v) is 4.08. The molecule has 0 radical (unpaired) electrons. The average molecular weight is 214 g/mol. The normalized spacial score (nSPS) is 30.1. The fourth-order valence-electron chi connectivity index (χ4n) is 2.24. The zero-order valence-electron chi connectivity index (χ0n) is 9.02. The molecule has 0 aliphatic heterocycles. The van der Waals surface area contributed by atoms with E-state index in [1.54, 1.807) is 0 Å². The van der Waals surface area contributed by atoms with Crippen LogP contribution in [0.1, 0.15) is 32.1 Å². The highest BCUT2D eigenvalue weighted by Gasteiger charge is 2.34. The molecule has 0 heterocycles. The Hall–Kier alpha value is -0.900. The van der Waals surface area contributed by atoms with Crippen molar-refractivity contribution in [1.29, 1.82) is 0 Å². The number of aldehydes is 1. The Kier molecular flexibility index (Phi) is 4.75. The molecule has 1 fully saturated rings. The molecule has 1 saturated carbocycles. The topological polar surface area (TPSA) is 63.6 Å². The minimum Gasteiger partial charge on any atom is -0.469 e. The van der Waals surface area contributed by atoms with Crippen molar-refractivity contribution in [3.05, 3.63) is 0 Å². The van der Waals surface area contributed by atoms with Crippen molar-refractivity contribution in [2.45, 2.75) is 38.2 Å². The highest BCUT2D eigenvalue weighted by molar-refractivity contribution is 5.69. The number of carbonyl (C=O) groups excluding carboxylic acids is 2. The largest absolute Gasteiger partial charge is 0.469 e. The number of rotatable bonds is 5. The average Bonchev–Trinajstić information content (AvgIpc) is 2.60. The molecule has 0 amide bonds. The second kappa shape index (κ2) is 5.85. The van der Waals surface area contributed by atoms with Crippen LogP contribution < -0.4 is 0 Å². The summed E-state index contributed by atoms with van der Waals surface area (Å²) in [4.78, 5) is 21.6. The van der Waals surface area contributed by atoms with Crippen molar-refractivity contribution in [3.8, 4) is 0 Å². The van der Waals surface area contributed by atoms with Gasteiger partial charge in [-0.1, -0.05) is 0 Å². The molecule has 1 aliphatic rings. The van der Waals surface area contributed by atoms with E-state index in [0.29, 0.717) is 19.3 Å². The minimum absolute atomic E-state index is 0.0300. The predicted octanol–water partition coefficient (Wildman–Crippen LogP) is 0.916. The number of aliphatic hydroxyl groups is 1. The van der Waals surface area contributed by atoms with Gasteiger partial charge in [-0.3, -0.25) is 4.79 Å². The molecule has 0 aromatic rings. The van der Waals surface area contributed by atoms with E-state index in [4.69, 9.17) is 0 Å². The van der Waals surface area contributed by atoms with Gasteiger partial charge in [0.2, 0.25) is 0 Å². The fourth-order valence-corrected chi connectivity index (χ4v) is 2.24. The molecule has 1 aliphatic carbocycles. The van der Waals surface area contributed by atoms with Crippen LogP contribution in [-0.4, -0.2) is 30.6 Å². The lowest BCUT2D eigenvalue weighted by Crippen LogP contribution is -2.20. The molecule has 1 rings (SSSR count). The summed E-state index contributed by atoms with van der Waals surface area (Å²) in [5, 5.41) is 9.64. The third-order valence-corrected chi connectivity index (χ3v) is 3.16. The van der Waals surface area contributed by atoms with Crippen molar-refractivity contribution in [2.75, 3.05) is 7.11 Å². The van der Waals surface area contributed by atoms with Gasteiger partial charge in [0.05, 0.1) is 13.2 Å². The van der Waals surface area contributed by atoms with Gasteiger partial charge >= 0.3 is 5.97 Å². The van der Waals surface area contributed by atoms with Crippen molar-refractivity contribution < 1.29 is 19.4 Å². The highest BCUT2D eigenvalue weighted by Crippen LogP contribution is 2.34. The monoisotopic (exact) mass is 214 g/mol. The summed E-state index contributed by atoms with van der Waals surface area (Å²) in [5.41, 5.74) is 0. The first-order valence-corrected chi connectivity index (χ1v) is 5.39. The SMILES string of the molecule is COC(=O)CCCC1C(O)CCC1C=O. The van der Waals surface area contributed by atoms with E-state index in [1.807, 2.05) is 0 Å². The van der Waals surface area contributed by atoms with Crippen LogP contribution in [0.2, 0.25) is 0 Å². The zero-order valence-corrected chi connectivity index (χ0v) is 9.02. The number of carbonyl (C=O) groups is 2. The van der Waals surface area contributed by atoms with E-state index in [0.717, 1.165) is 19.1 Å². The molecular formula is C11H18O4. The lowest BCUT2D eigenvalue weighted by Gasteiger charge is -2.17. The molecule has 0 aromatic heterocycles. The molecular weight excluding hydrogens is 196 g/mol. The van der Waals surface area contributed by atoms with Crippen molar-refractivity contribution in [1.82, 2.24) is 0 Å². The summed E-state index contributed by atoms with van der Waals surface area (Å²) in [7, 11) is 1.36. The van der Waals surface area contributed by atoms with Gasteiger partial charge in [0.1, 0.15) is 6.29 Å². The molecule has 1 N–H and O–H groups in total. The third-order valence-electron chi connectivity index (χ3n) is 3.16. The van der Waals surface area contributed by atoms with Gasteiger partial charge in [0.25, 0.3) is 0 Å². The van der Waals surface area contributed by atoms with E-state index in [-0.39, 0.29) is 23.9 Å². The van der Waals surface area contributed by atoms with Crippen LogP contribution in [0, 0.1) is 11.8 Å². The highest BCUT2D eigenvalue weighted by atomic mass is 16.5. The maximum absolute atomic E-state index is 10.9. The molecule has 0 bridgehead atoms. The van der Waals surface area contributed by atoms with Crippen LogP contribution in [0.15, 0.2) is 0 Å². The van der Waals surface area contributed by atoms with Crippen molar-refractivity contribution in [3.63, 3.8) is 0 Å². The van der Waals surface area contributed by atoms with Crippen LogP contribution >= 0.6 is 0 Å². The lowest BCUT2D eigenvalue weighted by atomic mass is 9.91. The molecule has 4 heteroatoms. The molecule has 3 unspecified atom stereocenters. The molecule has 0 saturated heterocycles. The van der Waals surface area contributed by atoms with Gasteiger partial charge in [0, 0.05) is 12.3 Å². The summed E-state index contributed by atoms with van der Waals surface area (Å²) >= 11 is 0. The molecule has 86 valence electrons. The van der Waals surface area contributed by atoms with E-state index < -0.39 is 0 Å². The van der Waals surface area contributed by atoms with Crippen molar-refractivity contribution >= 4 is 12.3 Å². The van der Waals surface area contributed by atoms with Crippen LogP contribution in [0.5, 0.6) is 0 Å². The Bertz CT molecular complexity index is 227. The molecule has 15 heavy (non-hydrogen) atoms. The number of esters is 1. The Morgan fingerprint density at radius 2 is 2.27 bits per heavy atom. The maximum Gasteiger partial charge on any atom is 0.305 e. The van der Waals surface area contributed by atoms with E-state index >= 15 is 0 Å². The van der Waals surface area contributed by atoms with Crippen LogP contribution in [0.4, 0.5) is 0 Å². The number of ether oxygens (including phenoxy) is 1. The third kappa shape index (κ3) is 3.30. The smallest absolute Gasteiger partial charge is 0.305 e. The fraction of sp³-hybridized carbons (Fsp3) is 0.818. The standard InChI is InChI=1S/C11H18O4/c1-15-11(14)4-2-3-9-8(7-12)5-6-10(9)13/h7-10,13H,2-6H2,1H3. The first-order valence-electron chi connectivity index (χ1n) is 5.39. The van der Waals surface area contributed by atoms with E-state index in [2.05, 4.69) is 4.74 Å². The van der Waals surface area contributed by atoms with Gasteiger partial charge in [0.15, 0.2) is 0 Å². The quantitative estimate of drug-likeness (QED) is 0.546. The predicted molar refractivity (Wildman–Crippen MR) is 54.2 cm³/mol.